The van der Waals surface area contributed by atoms with Crippen LogP contribution in [0.15, 0.2) is 42.7 Å². The van der Waals surface area contributed by atoms with Crippen LogP contribution < -0.4 is 11.1 Å². The summed E-state index contributed by atoms with van der Waals surface area (Å²) in [5, 5.41) is 16.8. The highest BCUT2D eigenvalue weighted by Crippen LogP contribution is 2.33. The molecule has 0 bridgehead atoms. The molecule has 1 saturated carbocycles. The number of hydrogen-bond acceptors (Lipinski definition) is 4. The molecule has 1 aromatic carbocycles. The first-order valence-corrected chi connectivity index (χ1v) is 8.80. The Labute approximate surface area is 155 Å². The van der Waals surface area contributed by atoms with Crippen LogP contribution in [-0.4, -0.2) is 27.7 Å². The van der Waals surface area contributed by atoms with E-state index >= 15 is 0 Å². The van der Waals surface area contributed by atoms with Crippen molar-refractivity contribution in [1.29, 1.82) is 5.26 Å². The molecule has 0 saturated heterocycles. The molecule has 0 spiro atoms. The van der Waals surface area contributed by atoms with Gasteiger partial charge in [0.2, 0.25) is 0 Å². The van der Waals surface area contributed by atoms with Crippen LogP contribution in [0, 0.1) is 11.3 Å². The van der Waals surface area contributed by atoms with Gasteiger partial charge in [0.25, 0.3) is 5.91 Å². The lowest BCUT2D eigenvalue weighted by atomic mass is 10.0. The topological polar surface area (TPSA) is 96.2 Å². The zero-order valence-corrected chi connectivity index (χ0v) is 14.5. The summed E-state index contributed by atoms with van der Waals surface area (Å²) in [4.78, 5) is 11.9. The largest absolute Gasteiger partial charge is 0.377 e. The number of primary amides is 1. The summed E-state index contributed by atoms with van der Waals surface area (Å²) in [5.74, 6) is -0.624. The zero-order chi connectivity index (χ0) is 19.0. The fraction of sp³-hybridized carbons (Fsp3) is 0.250. The van der Waals surface area contributed by atoms with Gasteiger partial charge in [-0.25, -0.2) is 8.91 Å². The number of anilines is 1. The molecule has 0 unspecified atom stereocenters. The molecule has 1 amide bonds. The molecule has 27 heavy (non-hydrogen) atoms. The van der Waals surface area contributed by atoms with E-state index in [4.69, 9.17) is 5.73 Å². The van der Waals surface area contributed by atoms with E-state index in [0.717, 1.165) is 17.5 Å². The minimum atomic E-state index is -0.965. The number of nitrogens with zero attached hydrogens (tertiary/aromatic N) is 3. The normalized spacial score (nSPS) is 19.1. The number of rotatable bonds is 4. The first-order valence-electron chi connectivity index (χ1n) is 8.80. The van der Waals surface area contributed by atoms with Crippen LogP contribution in [-0.2, 0) is 0 Å². The summed E-state index contributed by atoms with van der Waals surface area (Å²) in [6.07, 6.45) is 4.20. The molecule has 2 atom stereocenters. The van der Waals surface area contributed by atoms with Crippen LogP contribution >= 0.6 is 0 Å². The van der Waals surface area contributed by atoms with Gasteiger partial charge in [0.1, 0.15) is 6.17 Å². The predicted octanol–water partition coefficient (Wildman–Crippen LogP) is 3.27. The van der Waals surface area contributed by atoms with Crippen molar-refractivity contribution in [3.63, 3.8) is 0 Å². The Balaban J connectivity index is 1.86. The van der Waals surface area contributed by atoms with Crippen LogP contribution in [0.25, 0.3) is 16.6 Å². The van der Waals surface area contributed by atoms with Gasteiger partial charge in [-0.3, -0.25) is 4.79 Å². The van der Waals surface area contributed by atoms with Crippen molar-refractivity contribution < 1.29 is 9.18 Å². The third kappa shape index (κ3) is 2.99. The van der Waals surface area contributed by atoms with Crippen molar-refractivity contribution >= 4 is 17.1 Å². The Hall–Kier alpha value is -3.40. The van der Waals surface area contributed by atoms with Gasteiger partial charge in [-0.05, 0) is 31.4 Å². The van der Waals surface area contributed by atoms with E-state index < -0.39 is 12.1 Å². The number of alkyl halides is 1. The van der Waals surface area contributed by atoms with E-state index in [9.17, 15) is 14.4 Å². The molecule has 6 nitrogen and oxygen atoms in total. The lowest BCUT2D eigenvalue weighted by Gasteiger charge is -2.19. The molecule has 0 aliphatic heterocycles. The Morgan fingerprint density at radius 2 is 2.19 bits per heavy atom. The molecule has 136 valence electrons. The maximum absolute atomic E-state index is 14.1. The highest BCUT2D eigenvalue weighted by Gasteiger charge is 2.29. The van der Waals surface area contributed by atoms with Crippen LogP contribution in [0.3, 0.4) is 0 Å². The van der Waals surface area contributed by atoms with Gasteiger partial charge in [0.15, 0.2) is 0 Å². The molecule has 1 aliphatic carbocycles. The number of nitrogens with two attached hydrogens (primary N) is 1. The molecule has 1 fully saturated rings. The maximum Gasteiger partial charge on any atom is 0.252 e. The molecule has 7 heteroatoms. The van der Waals surface area contributed by atoms with E-state index in [-0.39, 0.29) is 11.6 Å². The number of aromatic nitrogens is 2. The average molecular weight is 363 g/mol. The van der Waals surface area contributed by atoms with Crippen LogP contribution in [0.4, 0.5) is 10.1 Å². The van der Waals surface area contributed by atoms with Crippen molar-refractivity contribution in [3.05, 3.63) is 53.9 Å². The molecule has 3 N–H and O–H groups in total. The number of benzene rings is 1. The molecule has 4 rings (SSSR count). The second-order valence-corrected chi connectivity index (χ2v) is 6.71. The van der Waals surface area contributed by atoms with E-state index in [1.807, 2.05) is 18.2 Å². The summed E-state index contributed by atoms with van der Waals surface area (Å²) < 4.78 is 15.7. The molecular formula is C20H18FN5O. The highest BCUT2D eigenvalue weighted by molar-refractivity contribution is 6.02. The Kier molecular flexibility index (Phi) is 4.24. The highest BCUT2D eigenvalue weighted by atomic mass is 19.1. The number of nitrogens with one attached hydrogen (secondary N) is 1. The number of nitriles is 1. The van der Waals surface area contributed by atoms with Crippen molar-refractivity contribution in [1.82, 2.24) is 9.61 Å². The lowest BCUT2D eigenvalue weighted by molar-refractivity contribution is 0.100. The van der Waals surface area contributed by atoms with E-state index in [1.165, 1.54) is 6.20 Å². The summed E-state index contributed by atoms with van der Waals surface area (Å²) >= 11 is 0. The predicted molar refractivity (Wildman–Crippen MR) is 100 cm³/mol. The third-order valence-corrected chi connectivity index (χ3v) is 5.02. The molecule has 1 aliphatic rings. The number of halogens is 1. The van der Waals surface area contributed by atoms with Gasteiger partial charge in [-0.15, -0.1) is 0 Å². The Morgan fingerprint density at radius 3 is 2.89 bits per heavy atom. The lowest BCUT2D eigenvalue weighted by Crippen LogP contribution is -2.27. The van der Waals surface area contributed by atoms with Gasteiger partial charge >= 0.3 is 0 Å². The van der Waals surface area contributed by atoms with Crippen molar-refractivity contribution in [2.24, 2.45) is 5.73 Å². The Bertz CT molecular complexity index is 1070. The smallest absolute Gasteiger partial charge is 0.252 e. The molecular weight excluding hydrogens is 345 g/mol. The number of amides is 1. The second-order valence-electron chi connectivity index (χ2n) is 6.71. The summed E-state index contributed by atoms with van der Waals surface area (Å²) in [6.45, 7) is 0. The molecule has 2 aromatic heterocycles. The number of carbonyl (C=O) groups is 1. The number of fused-ring (bicyclic) bond motifs is 1. The van der Waals surface area contributed by atoms with Crippen molar-refractivity contribution in [2.75, 3.05) is 5.32 Å². The monoisotopic (exact) mass is 363 g/mol. The van der Waals surface area contributed by atoms with Crippen LogP contribution in [0.2, 0.25) is 0 Å². The average Bonchev–Trinajstić information content (AvgIpc) is 3.28. The second kappa shape index (κ2) is 6.72. The van der Waals surface area contributed by atoms with Gasteiger partial charge in [0.05, 0.1) is 40.6 Å². The first-order chi connectivity index (χ1) is 13.1. The van der Waals surface area contributed by atoms with E-state index in [2.05, 4.69) is 16.5 Å². The van der Waals surface area contributed by atoms with E-state index in [0.29, 0.717) is 29.6 Å². The first kappa shape index (κ1) is 17.0. The fourth-order valence-corrected chi connectivity index (χ4v) is 3.64. The molecule has 0 radical (unpaired) electrons. The fourth-order valence-electron chi connectivity index (χ4n) is 3.64. The summed E-state index contributed by atoms with van der Waals surface area (Å²) in [5.41, 5.74) is 8.92. The SMILES string of the molecule is N#Cc1ccccc1-c1cc2c(N[C@@H]3CCC[C@@H]3F)c(C(N)=O)cnn2c1. The Morgan fingerprint density at radius 1 is 1.37 bits per heavy atom. The van der Waals surface area contributed by atoms with Crippen molar-refractivity contribution in [3.8, 4) is 17.2 Å². The van der Waals surface area contributed by atoms with Crippen LogP contribution in [0.5, 0.6) is 0 Å². The standard InChI is InChI=1S/C20H18FN5O/c21-16-6-3-7-17(16)25-19-15(20(23)27)10-24-26-11-13(8-18(19)26)14-5-2-1-4-12(14)9-22/h1-2,4-5,8,10-11,16-17,25H,3,6-7H2,(H2,23,27)/t16-,17+/m0/s1. The molecule has 3 aromatic rings. The van der Waals surface area contributed by atoms with Crippen molar-refractivity contribution in [2.45, 2.75) is 31.5 Å². The maximum atomic E-state index is 14.1. The number of hydrogen-bond donors (Lipinski definition) is 2. The summed E-state index contributed by atoms with van der Waals surface area (Å²) in [7, 11) is 0. The molecule has 2 heterocycles. The van der Waals surface area contributed by atoms with Gasteiger partial charge in [-0.2, -0.15) is 10.4 Å². The van der Waals surface area contributed by atoms with Crippen LogP contribution in [0.1, 0.15) is 35.2 Å². The minimum absolute atomic E-state index is 0.222. The minimum Gasteiger partial charge on any atom is -0.377 e. The quantitative estimate of drug-likeness (QED) is 0.743. The third-order valence-electron chi connectivity index (χ3n) is 5.02. The summed E-state index contributed by atoms with van der Waals surface area (Å²) in [6, 6.07) is 10.9. The van der Waals surface area contributed by atoms with Gasteiger partial charge in [0, 0.05) is 17.3 Å². The van der Waals surface area contributed by atoms with Gasteiger partial charge in [-0.1, -0.05) is 18.2 Å². The van der Waals surface area contributed by atoms with Gasteiger partial charge < -0.3 is 11.1 Å². The number of carbonyl (C=O) groups excluding carboxylic acids is 1. The zero-order valence-electron chi connectivity index (χ0n) is 14.5. The van der Waals surface area contributed by atoms with E-state index in [1.54, 1.807) is 22.8 Å².